The van der Waals surface area contributed by atoms with E-state index >= 15 is 0 Å². The van der Waals surface area contributed by atoms with Crippen LogP contribution in [0.5, 0.6) is 0 Å². The predicted molar refractivity (Wildman–Crippen MR) is 60.2 cm³/mol. The van der Waals surface area contributed by atoms with Gasteiger partial charge in [-0.2, -0.15) is 5.10 Å². The van der Waals surface area contributed by atoms with Crippen molar-refractivity contribution in [3.8, 4) is 0 Å². The van der Waals surface area contributed by atoms with Crippen molar-refractivity contribution in [3.05, 3.63) is 18.0 Å². The second kappa shape index (κ2) is 3.80. The minimum absolute atomic E-state index is 0.506. The molecule has 17 heavy (non-hydrogen) atoms. The highest BCUT2D eigenvalue weighted by Gasteiger charge is 2.48. The molecule has 1 saturated heterocycles. The first-order valence-corrected chi connectivity index (χ1v) is 6.11. The average Bonchev–Trinajstić information content (AvgIpc) is 2.88. The molecule has 2 aliphatic rings. The molecule has 0 aromatic carbocycles. The molecule has 0 radical (unpaired) electrons. The standard InChI is InChI=1S/C12H18N2O3/c1-14-8-10(7-13-14)11(15)3-2-4-12(9-11)16-5-6-17-12/h7-8,15H,2-6,9H2,1H3. The van der Waals surface area contributed by atoms with Gasteiger partial charge in [-0.15, -0.1) is 0 Å². The number of rotatable bonds is 1. The zero-order chi connectivity index (χ0) is 11.9. The molecular formula is C12H18N2O3. The van der Waals surface area contributed by atoms with E-state index in [0.29, 0.717) is 19.6 Å². The molecule has 1 aromatic rings. The van der Waals surface area contributed by atoms with Gasteiger partial charge in [0.2, 0.25) is 0 Å². The average molecular weight is 238 g/mol. The van der Waals surface area contributed by atoms with Crippen molar-refractivity contribution in [2.45, 2.75) is 37.1 Å². The number of hydrogen-bond donors (Lipinski definition) is 1. The molecule has 1 saturated carbocycles. The normalized spacial score (nSPS) is 32.1. The van der Waals surface area contributed by atoms with Gasteiger partial charge in [-0.25, -0.2) is 0 Å². The van der Waals surface area contributed by atoms with Gasteiger partial charge in [0.15, 0.2) is 5.79 Å². The SMILES string of the molecule is Cn1cc(C2(O)CCCC3(C2)OCCO3)cn1. The van der Waals surface area contributed by atoms with Gasteiger partial charge in [0.05, 0.1) is 25.0 Å². The molecule has 5 heteroatoms. The van der Waals surface area contributed by atoms with Crippen molar-refractivity contribution in [2.75, 3.05) is 13.2 Å². The topological polar surface area (TPSA) is 56.5 Å². The molecule has 5 nitrogen and oxygen atoms in total. The molecule has 1 unspecified atom stereocenters. The Labute approximate surface area is 100 Å². The first kappa shape index (κ1) is 11.2. The van der Waals surface area contributed by atoms with Gasteiger partial charge >= 0.3 is 0 Å². The number of aliphatic hydroxyl groups is 1. The van der Waals surface area contributed by atoms with Crippen LogP contribution in [0, 0.1) is 0 Å². The summed E-state index contributed by atoms with van der Waals surface area (Å²) in [6.07, 6.45) is 6.63. The van der Waals surface area contributed by atoms with Gasteiger partial charge in [0, 0.05) is 31.6 Å². The van der Waals surface area contributed by atoms with Crippen molar-refractivity contribution in [2.24, 2.45) is 7.05 Å². The molecule has 1 aliphatic carbocycles. The van der Waals surface area contributed by atoms with Crippen LogP contribution < -0.4 is 0 Å². The fraction of sp³-hybridized carbons (Fsp3) is 0.750. The summed E-state index contributed by atoms with van der Waals surface area (Å²) in [6, 6.07) is 0. The van der Waals surface area contributed by atoms with Crippen molar-refractivity contribution in [1.29, 1.82) is 0 Å². The highest BCUT2D eigenvalue weighted by molar-refractivity contribution is 5.17. The molecule has 1 aliphatic heterocycles. The summed E-state index contributed by atoms with van der Waals surface area (Å²) < 4.78 is 13.1. The van der Waals surface area contributed by atoms with E-state index in [-0.39, 0.29) is 0 Å². The zero-order valence-electron chi connectivity index (χ0n) is 10.1. The highest BCUT2D eigenvalue weighted by Crippen LogP contribution is 2.45. The Bertz CT molecular complexity index is 412. The van der Waals surface area contributed by atoms with Crippen molar-refractivity contribution < 1.29 is 14.6 Å². The second-order valence-electron chi connectivity index (χ2n) is 5.07. The lowest BCUT2D eigenvalue weighted by atomic mass is 9.77. The van der Waals surface area contributed by atoms with Gasteiger partial charge in [0.1, 0.15) is 0 Å². The van der Waals surface area contributed by atoms with E-state index in [9.17, 15) is 5.11 Å². The molecule has 3 rings (SSSR count). The van der Waals surface area contributed by atoms with Crippen molar-refractivity contribution >= 4 is 0 Å². The minimum atomic E-state index is -0.864. The van der Waals surface area contributed by atoms with E-state index in [0.717, 1.165) is 24.8 Å². The summed E-state index contributed by atoms with van der Waals surface area (Å²) in [5.41, 5.74) is -0.00481. The van der Waals surface area contributed by atoms with E-state index in [1.54, 1.807) is 10.9 Å². The van der Waals surface area contributed by atoms with Crippen LogP contribution in [0.4, 0.5) is 0 Å². The Hall–Kier alpha value is -0.910. The van der Waals surface area contributed by atoms with Crippen LogP contribution in [0.1, 0.15) is 31.2 Å². The Morgan fingerprint density at radius 3 is 2.76 bits per heavy atom. The lowest BCUT2D eigenvalue weighted by molar-refractivity contribution is -0.220. The maximum atomic E-state index is 10.8. The number of nitrogens with zero attached hydrogens (tertiary/aromatic N) is 2. The molecule has 1 spiro atoms. The van der Waals surface area contributed by atoms with Gasteiger partial charge in [-0.1, -0.05) is 0 Å². The predicted octanol–water partition coefficient (Wildman–Crippen LogP) is 0.925. The summed E-state index contributed by atoms with van der Waals surface area (Å²) in [7, 11) is 1.86. The van der Waals surface area contributed by atoms with Crippen molar-refractivity contribution in [3.63, 3.8) is 0 Å². The van der Waals surface area contributed by atoms with Crippen LogP contribution in [-0.2, 0) is 22.1 Å². The smallest absolute Gasteiger partial charge is 0.171 e. The number of hydrogen-bond acceptors (Lipinski definition) is 4. The quantitative estimate of drug-likeness (QED) is 0.790. The highest BCUT2D eigenvalue weighted by atomic mass is 16.7. The summed E-state index contributed by atoms with van der Waals surface area (Å²) >= 11 is 0. The van der Waals surface area contributed by atoms with E-state index in [4.69, 9.17) is 9.47 Å². The molecule has 1 aromatic heterocycles. The molecule has 2 fully saturated rings. The first-order chi connectivity index (χ1) is 8.12. The third-order valence-corrected chi connectivity index (χ3v) is 3.77. The number of aryl methyl sites for hydroxylation is 1. The first-order valence-electron chi connectivity index (χ1n) is 6.11. The molecular weight excluding hydrogens is 220 g/mol. The summed E-state index contributed by atoms with van der Waals surface area (Å²) in [5.74, 6) is -0.567. The van der Waals surface area contributed by atoms with E-state index in [2.05, 4.69) is 5.10 Å². The molecule has 1 N–H and O–H groups in total. The van der Waals surface area contributed by atoms with E-state index in [1.165, 1.54) is 0 Å². The van der Waals surface area contributed by atoms with Gasteiger partial charge in [-0.3, -0.25) is 4.68 Å². The van der Waals surface area contributed by atoms with Crippen molar-refractivity contribution in [1.82, 2.24) is 9.78 Å². The monoisotopic (exact) mass is 238 g/mol. The fourth-order valence-electron chi connectivity index (χ4n) is 2.92. The zero-order valence-corrected chi connectivity index (χ0v) is 10.1. The van der Waals surface area contributed by atoms with E-state index in [1.807, 2.05) is 13.2 Å². The number of aromatic nitrogens is 2. The van der Waals surface area contributed by atoms with Crippen LogP contribution in [0.15, 0.2) is 12.4 Å². The summed E-state index contributed by atoms with van der Waals surface area (Å²) in [5, 5.41) is 14.9. The fourth-order valence-corrected chi connectivity index (χ4v) is 2.92. The molecule has 0 amide bonds. The van der Waals surface area contributed by atoms with Gasteiger partial charge < -0.3 is 14.6 Å². The number of ether oxygens (including phenoxy) is 2. The Morgan fingerprint density at radius 2 is 2.12 bits per heavy atom. The van der Waals surface area contributed by atoms with Crippen LogP contribution in [0.2, 0.25) is 0 Å². The van der Waals surface area contributed by atoms with Crippen LogP contribution in [0.25, 0.3) is 0 Å². The van der Waals surface area contributed by atoms with Crippen LogP contribution >= 0.6 is 0 Å². The largest absolute Gasteiger partial charge is 0.385 e. The van der Waals surface area contributed by atoms with Gasteiger partial charge in [-0.05, 0) is 12.8 Å². The van der Waals surface area contributed by atoms with Gasteiger partial charge in [0.25, 0.3) is 0 Å². The molecule has 0 bridgehead atoms. The van der Waals surface area contributed by atoms with Crippen LogP contribution in [0.3, 0.4) is 0 Å². The summed E-state index contributed by atoms with van der Waals surface area (Å²) in [6.45, 7) is 1.26. The molecule has 2 heterocycles. The minimum Gasteiger partial charge on any atom is -0.385 e. The maximum absolute atomic E-state index is 10.8. The van der Waals surface area contributed by atoms with E-state index < -0.39 is 11.4 Å². The maximum Gasteiger partial charge on any atom is 0.171 e. The van der Waals surface area contributed by atoms with Crippen LogP contribution in [-0.4, -0.2) is 33.9 Å². The molecule has 94 valence electrons. The Morgan fingerprint density at radius 1 is 1.35 bits per heavy atom. The summed E-state index contributed by atoms with van der Waals surface area (Å²) in [4.78, 5) is 0. The third-order valence-electron chi connectivity index (χ3n) is 3.77. The molecule has 1 atom stereocenters. The Balaban J connectivity index is 1.87. The third kappa shape index (κ3) is 1.88. The lowest BCUT2D eigenvalue weighted by Gasteiger charge is -2.41. The second-order valence-corrected chi connectivity index (χ2v) is 5.07. The Kier molecular flexibility index (Phi) is 2.50. The lowest BCUT2D eigenvalue weighted by Crippen LogP contribution is -2.44.